The second kappa shape index (κ2) is 6.41. The van der Waals surface area contributed by atoms with Crippen molar-refractivity contribution in [2.45, 2.75) is 0 Å². The first-order valence-electron chi connectivity index (χ1n) is 7.14. The Bertz CT molecular complexity index is 732. The summed E-state index contributed by atoms with van der Waals surface area (Å²) in [6.07, 6.45) is 0. The van der Waals surface area contributed by atoms with Crippen molar-refractivity contribution < 1.29 is 4.79 Å². The molecule has 0 atom stereocenters. The predicted octanol–water partition coefficient (Wildman–Crippen LogP) is 1.30. The molecule has 0 heterocycles. The van der Waals surface area contributed by atoms with Crippen molar-refractivity contribution in [1.29, 1.82) is 0 Å². The van der Waals surface area contributed by atoms with Crippen molar-refractivity contribution in [2.75, 3.05) is 0 Å². The van der Waals surface area contributed by atoms with E-state index >= 15 is 0 Å². The minimum absolute atomic E-state index is 0.370. The summed E-state index contributed by atoms with van der Waals surface area (Å²) >= 11 is 0. The van der Waals surface area contributed by atoms with Crippen molar-refractivity contribution in [3.63, 3.8) is 0 Å². The first kappa shape index (κ1) is 14.3. The van der Waals surface area contributed by atoms with Crippen molar-refractivity contribution in [3.8, 4) is 0 Å². The monoisotopic (exact) mass is 302 g/mol. The Hall–Kier alpha value is -2.65. The molecule has 22 heavy (non-hydrogen) atoms. The van der Waals surface area contributed by atoms with Crippen LogP contribution in [0.2, 0.25) is 0 Å². The van der Waals surface area contributed by atoms with Crippen LogP contribution in [0.3, 0.4) is 0 Å². The molecular formula is C19H16NOSi. The van der Waals surface area contributed by atoms with Crippen LogP contribution in [0.25, 0.3) is 0 Å². The molecule has 0 aliphatic rings. The predicted molar refractivity (Wildman–Crippen MR) is 92.5 cm³/mol. The second-order valence-corrected chi connectivity index (χ2v) is 7.46. The van der Waals surface area contributed by atoms with Crippen LogP contribution in [0.15, 0.2) is 84.9 Å². The van der Waals surface area contributed by atoms with E-state index in [0.717, 1.165) is 5.19 Å². The largest absolute Gasteiger partial charge is 0.366 e. The molecule has 0 unspecified atom stereocenters. The lowest BCUT2D eigenvalue weighted by Crippen LogP contribution is -2.54. The number of rotatable bonds is 4. The molecule has 0 fully saturated rings. The van der Waals surface area contributed by atoms with Crippen LogP contribution >= 0.6 is 0 Å². The van der Waals surface area contributed by atoms with Crippen LogP contribution in [0.1, 0.15) is 10.4 Å². The summed E-state index contributed by atoms with van der Waals surface area (Å²) in [6, 6.07) is 28.3. The summed E-state index contributed by atoms with van der Waals surface area (Å²) in [5.41, 5.74) is 6.20. The third kappa shape index (κ3) is 2.85. The van der Waals surface area contributed by atoms with Crippen molar-refractivity contribution in [3.05, 3.63) is 90.5 Å². The lowest BCUT2D eigenvalue weighted by atomic mass is 10.2. The summed E-state index contributed by atoms with van der Waals surface area (Å²) in [7, 11) is -1.25. The number of carbonyl (C=O) groups excluding carboxylic acids is 1. The Labute approximate surface area is 131 Å². The van der Waals surface area contributed by atoms with Crippen LogP contribution in [-0.2, 0) is 0 Å². The minimum Gasteiger partial charge on any atom is -0.366 e. The molecule has 0 bridgehead atoms. The van der Waals surface area contributed by atoms with Gasteiger partial charge in [0, 0.05) is 5.56 Å². The van der Waals surface area contributed by atoms with Crippen molar-refractivity contribution >= 4 is 30.3 Å². The fourth-order valence-corrected chi connectivity index (χ4v) is 5.35. The molecule has 3 heteroatoms. The molecule has 0 aliphatic heterocycles. The van der Waals surface area contributed by atoms with Gasteiger partial charge in [-0.25, -0.2) is 0 Å². The summed E-state index contributed by atoms with van der Waals surface area (Å²) < 4.78 is 0. The van der Waals surface area contributed by atoms with Crippen LogP contribution in [-0.4, -0.2) is 14.7 Å². The molecule has 0 saturated heterocycles. The molecule has 0 aromatic heterocycles. The van der Waals surface area contributed by atoms with Gasteiger partial charge in [0.2, 0.25) is 5.91 Å². The molecule has 2 nitrogen and oxygen atoms in total. The highest BCUT2D eigenvalue weighted by atomic mass is 28.3. The lowest BCUT2D eigenvalue weighted by molar-refractivity contribution is 0.100. The summed E-state index contributed by atoms with van der Waals surface area (Å²) in [5.74, 6) is -0.370. The zero-order chi connectivity index (χ0) is 15.4. The average molecular weight is 302 g/mol. The molecule has 3 aromatic rings. The van der Waals surface area contributed by atoms with Gasteiger partial charge in [-0.2, -0.15) is 0 Å². The molecule has 0 spiro atoms. The molecule has 3 rings (SSSR count). The van der Waals surface area contributed by atoms with Crippen LogP contribution in [0.5, 0.6) is 0 Å². The van der Waals surface area contributed by atoms with Gasteiger partial charge >= 0.3 is 0 Å². The third-order valence-electron chi connectivity index (χ3n) is 3.59. The molecule has 0 saturated carbocycles. The van der Waals surface area contributed by atoms with Gasteiger partial charge in [-0.1, -0.05) is 89.2 Å². The highest BCUT2D eigenvalue weighted by molar-refractivity contribution is 6.96. The van der Waals surface area contributed by atoms with Gasteiger partial charge < -0.3 is 5.73 Å². The van der Waals surface area contributed by atoms with Gasteiger partial charge in [0.25, 0.3) is 0 Å². The zero-order valence-corrected chi connectivity index (χ0v) is 13.1. The number of carbonyl (C=O) groups is 1. The molecule has 2 N–H and O–H groups in total. The number of hydrogen-bond donors (Lipinski definition) is 1. The highest BCUT2D eigenvalue weighted by Gasteiger charge is 2.23. The van der Waals surface area contributed by atoms with E-state index in [0.29, 0.717) is 5.56 Å². The molecule has 1 radical (unpaired) electrons. The summed E-state index contributed by atoms with van der Waals surface area (Å²) in [6.45, 7) is 0. The smallest absolute Gasteiger partial charge is 0.248 e. The summed E-state index contributed by atoms with van der Waals surface area (Å²) in [4.78, 5) is 11.8. The van der Waals surface area contributed by atoms with Crippen LogP contribution in [0, 0.1) is 0 Å². The highest BCUT2D eigenvalue weighted by Crippen LogP contribution is 2.01. The van der Waals surface area contributed by atoms with E-state index in [4.69, 9.17) is 5.73 Å². The fraction of sp³-hybridized carbons (Fsp3) is 0. The Kier molecular flexibility index (Phi) is 4.16. The standard InChI is InChI=1S/C19H16NOSi/c20-19(21)17-13-7-8-14-18(17)22(15-9-3-1-4-10-15)16-11-5-2-6-12-16/h1-14H,(H2,20,21). The SMILES string of the molecule is NC(=O)c1ccccc1[Si](c1ccccc1)c1ccccc1. The molecule has 107 valence electrons. The summed E-state index contributed by atoms with van der Waals surface area (Å²) in [5, 5.41) is 3.53. The van der Waals surface area contributed by atoms with E-state index in [9.17, 15) is 4.79 Å². The Morgan fingerprint density at radius 3 is 1.64 bits per heavy atom. The van der Waals surface area contributed by atoms with E-state index in [1.54, 1.807) is 0 Å². The molecule has 1 amide bonds. The number of nitrogens with two attached hydrogens (primary N) is 1. The van der Waals surface area contributed by atoms with Gasteiger partial charge in [-0.3, -0.25) is 4.79 Å². The van der Waals surface area contributed by atoms with Gasteiger partial charge in [0.05, 0.1) is 0 Å². The van der Waals surface area contributed by atoms with E-state index in [-0.39, 0.29) is 5.91 Å². The molecule has 0 aliphatic carbocycles. The van der Waals surface area contributed by atoms with Crippen molar-refractivity contribution in [2.24, 2.45) is 5.73 Å². The van der Waals surface area contributed by atoms with Gasteiger partial charge in [-0.05, 0) is 11.3 Å². The second-order valence-electron chi connectivity index (χ2n) is 5.02. The van der Waals surface area contributed by atoms with Gasteiger partial charge in [0.1, 0.15) is 0 Å². The first-order chi connectivity index (χ1) is 10.8. The fourth-order valence-electron chi connectivity index (χ4n) is 2.60. The van der Waals surface area contributed by atoms with E-state index in [1.807, 2.05) is 60.7 Å². The average Bonchev–Trinajstić information content (AvgIpc) is 2.57. The Morgan fingerprint density at radius 2 is 1.14 bits per heavy atom. The number of primary amides is 1. The van der Waals surface area contributed by atoms with E-state index < -0.39 is 8.80 Å². The van der Waals surface area contributed by atoms with E-state index in [1.165, 1.54) is 10.4 Å². The van der Waals surface area contributed by atoms with Gasteiger partial charge in [0.15, 0.2) is 8.80 Å². The number of hydrogen-bond acceptors (Lipinski definition) is 1. The molecular weight excluding hydrogens is 286 g/mol. The van der Waals surface area contributed by atoms with Crippen LogP contribution in [0.4, 0.5) is 0 Å². The number of benzene rings is 3. The Balaban J connectivity index is 2.21. The molecule has 3 aromatic carbocycles. The van der Waals surface area contributed by atoms with Gasteiger partial charge in [-0.15, -0.1) is 0 Å². The van der Waals surface area contributed by atoms with Crippen molar-refractivity contribution in [1.82, 2.24) is 0 Å². The zero-order valence-electron chi connectivity index (χ0n) is 12.1. The van der Waals surface area contributed by atoms with Crippen LogP contribution < -0.4 is 21.3 Å². The first-order valence-corrected chi connectivity index (χ1v) is 8.64. The quantitative estimate of drug-likeness (QED) is 0.573. The van der Waals surface area contributed by atoms with E-state index in [2.05, 4.69) is 24.3 Å². The third-order valence-corrected chi connectivity index (χ3v) is 6.38. The maximum Gasteiger partial charge on any atom is 0.248 e. The lowest BCUT2D eigenvalue weighted by Gasteiger charge is -2.18. The minimum atomic E-state index is -1.25. The maximum absolute atomic E-state index is 11.8. The topological polar surface area (TPSA) is 43.1 Å². The maximum atomic E-state index is 11.8. The number of amides is 1. The normalized spacial score (nSPS) is 10.6. The Morgan fingerprint density at radius 1 is 0.682 bits per heavy atom.